The molecule has 1 atom stereocenters. The van der Waals surface area contributed by atoms with Crippen LogP contribution in [-0.4, -0.2) is 37.4 Å². The number of carbonyl (C=O) groups is 1. The fraction of sp³-hybridized carbons (Fsp3) is 0.611. The molecule has 1 heterocycles. The molecule has 1 aromatic carbocycles. The summed E-state index contributed by atoms with van der Waals surface area (Å²) in [5.41, 5.74) is 3.22. The molecule has 5 nitrogen and oxygen atoms in total. The van der Waals surface area contributed by atoms with Crippen molar-refractivity contribution in [2.75, 3.05) is 30.4 Å². The first-order valence-electron chi connectivity index (χ1n) is 8.34. The highest BCUT2D eigenvalue weighted by atomic mass is 16.3. The van der Waals surface area contributed by atoms with Gasteiger partial charge in [0.15, 0.2) is 0 Å². The smallest absolute Gasteiger partial charge is 0.319 e. The van der Waals surface area contributed by atoms with Gasteiger partial charge in [0.1, 0.15) is 0 Å². The van der Waals surface area contributed by atoms with E-state index in [-0.39, 0.29) is 17.6 Å². The number of amides is 2. The van der Waals surface area contributed by atoms with Crippen LogP contribution in [0.3, 0.4) is 0 Å². The van der Waals surface area contributed by atoms with Crippen molar-refractivity contribution in [1.29, 1.82) is 0 Å². The number of aryl methyl sites for hydroxylation is 1. The zero-order valence-electron chi connectivity index (χ0n) is 14.6. The Balaban J connectivity index is 1.91. The third-order valence-electron chi connectivity index (χ3n) is 4.26. The summed E-state index contributed by atoms with van der Waals surface area (Å²) in [6, 6.07) is 5.88. The minimum absolute atomic E-state index is 0.135. The number of urea groups is 1. The van der Waals surface area contributed by atoms with Crippen molar-refractivity contribution in [3.8, 4) is 0 Å². The molecule has 0 fully saturated rings. The van der Waals surface area contributed by atoms with E-state index in [2.05, 4.69) is 34.7 Å². The topological polar surface area (TPSA) is 64.6 Å². The van der Waals surface area contributed by atoms with Gasteiger partial charge in [0.05, 0.1) is 6.10 Å². The molecule has 0 aromatic heterocycles. The number of carbonyl (C=O) groups excluding carboxylic acids is 1. The molecular formula is C18H29N3O2. The minimum atomic E-state index is -0.368. The van der Waals surface area contributed by atoms with E-state index in [1.54, 1.807) is 6.92 Å². The third kappa shape index (κ3) is 5.13. The quantitative estimate of drug-likeness (QED) is 0.782. The van der Waals surface area contributed by atoms with E-state index in [4.69, 9.17) is 0 Å². The Labute approximate surface area is 139 Å². The molecule has 2 amide bonds. The predicted octanol–water partition coefficient (Wildman–Crippen LogP) is 2.99. The average molecular weight is 319 g/mol. The number of benzene rings is 1. The van der Waals surface area contributed by atoms with E-state index < -0.39 is 0 Å². The lowest BCUT2D eigenvalue weighted by Crippen LogP contribution is -2.38. The lowest BCUT2D eigenvalue weighted by atomic mass is 9.87. The molecule has 0 saturated carbocycles. The number of nitrogens with zero attached hydrogens (tertiary/aromatic N) is 1. The standard InChI is InChI=1S/C18H29N3O2/c1-13(22)11-18(2,3)12-19-17(23)20-15-7-8-16-14(10-15)6-5-9-21(16)4/h7-8,10,13,22H,5-6,9,11-12H2,1-4H3,(H2,19,20,23)/t13-/m0/s1. The first-order chi connectivity index (χ1) is 10.8. The molecule has 1 aliphatic rings. The predicted molar refractivity (Wildman–Crippen MR) is 95.1 cm³/mol. The lowest BCUT2D eigenvalue weighted by molar-refractivity contribution is 0.129. The lowest BCUT2D eigenvalue weighted by Gasteiger charge is -2.28. The van der Waals surface area contributed by atoms with Crippen LogP contribution in [0.4, 0.5) is 16.2 Å². The summed E-state index contributed by atoms with van der Waals surface area (Å²) < 4.78 is 0. The molecule has 1 aliphatic heterocycles. The van der Waals surface area contributed by atoms with Crippen LogP contribution in [0.15, 0.2) is 18.2 Å². The number of rotatable bonds is 5. The fourth-order valence-corrected chi connectivity index (χ4v) is 3.23. The second kappa shape index (κ2) is 7.21. The van der Waals surface area contributed by atoms with Gasteiger partial charge in [-0.1, -0.05) is 13.8 Å². The SMILES string of the molecule is C[C@H](O)CC(C)(C)CNC(=O)Nc1ccc2c(c1)CCCN2C. The van der Waals surface area contributed by atoms with E-state index in [0.717, 1.165) is 25.1 Å². The van der Waals surface area contributed by atoms with E-state index in [0.29, 0.717) is 13.0 Å². The maximum Gasteiger partial charge on any atom is 0.319 e. The number of aliphatic hydroxyl groups excluding tert-OH is 1. The van der Waals surface area contributed by atoms with Crippen LogP contribution < -0.4 is 15.5 Å². The summed E-state index contributed by atoms with van der Waals surface area (Å²) >= 11 is 0. The molecule has 0 aliphatic carbocycles. The van der Waals surface area contributed by atoms with Crippen LogP contribution in [-0.2, 0) is 6.42 Å². The summed E-state index contributed by atoms with van der Waals surface area (Å²) in [6.07, 6.45) is 2.48. The summed E-state index contributed by atoms with van der Waals surface area (Å²) in [5.74, 6) is 0. The molecule has 0 spiro atoms. The second-order valence-corrected chi connectivity index (χ2v) is 7.39. The summed E-state index contributed by atoms with van der Waals surface area (Å²) in [4.78, 5) is 14.3. The van der Waals surface area contributed by atoms with Crippen molar-refractivity contribution in [3.63, 3.8) is 0 Å². The second-order valence-electron chi connectivity index (χ2n) is 7.39. The Morgan fingerprint density at radius 3 is 2.87 bits per heavy atom. The molecular weight excluding hydrogens is 290 g/mol. The highest BCUT2D eigenvalue weighted by molar-refractivity contribution is 5.89. The molecule has 0 radical (unpaired) electrons. The highest BCUT2D eigenvalue weighted by Crippen LogP contribution is 2.28. The van der Waals surface area contributed by atoms with Crippen LogP contribution in [0.1, 0.15) is 39.2 Å². The van der Waals surface area contributed by atoms with Crippen LogP contribution in [0, 0.1) is 5.41 Å². The third-order valence-corrected chi connectivity index (χ3v) is 4.26. The number of fused-ring (bicyclic) bond motifs is 1. The average Bonchev–Trinajstić information content (AvgIpc) is 2.44. The van der Waals surface area contributed by atoms with Crippen LogP contribution in [0.2, 0.25) is 0 Å². The van der Waals surface area contributed by atoms with Gasteiger partial charge < -0.3 is 20.6 Å². The Hall–Kier alpha value is -1.75. The van der Waals surface area contributed by atoms with Crippen LogP contribution in [0.25, 0.3) is 0 Å². The van der Waals surface area contributed by atoms with Crippen molar-refractivity contribution in [3.05, 3.63) is 23.8 Å². The van der Waals surface area contributed by atoms with Gasteiger partial charge in [-0.3, -0.25) is 0 Å². The first-order valence-corrected chi connectivity index (χ1v) is 8.34. The normalized spacial score (nSPS) is 15.8. The molecule has 3 N–H and O–H groups in total. The van der Waals surface area contributed by atoms with Crippen molar-refractivity contribution in [2.45, 2.75) is 46.1 Å². The fourth-order valence-electron chi connectivity index (χ4n) is 3.23. The first kappa shape index (κ1) is 17.6. The van der Waals surface area contributed by atoms with Gasteiger partial charge >= 0.3 is 6.03 Å². The summed E-state index contributed by atoms with van der Waals surface area (Å²) in [6.45, 7) is 7.45. The Morgan fingerprint density at radius 2 is 2.17 bits per heavy atom. The maximum atomic E-state index is 12.1. The van der Waals surface area contributed by atoms with Crippen LogP contribution in [0.5, 0.6) is 0 Å². The number of aliphatic hydroxyl groups is 1. The van der Waals surface area contributed by atoms with Crippen molar-refractivity contribution in [2.24, 2.45) is 5.41 Å². The van der Waals surface area contributed by atoms with E-state index in [1.165, 1.54) is 11.3 Å². The number of hydrogen-bond acceptors (Lipinski definition) is 3. The van der Waals surface area contributed by atoms with E-state index in [1.807, 2.05) is 19.9 Å². The van der Waals surface area contributed by atoms with Gasteiger partial charge in [-0.05, 0) is 55.4 Å². The summed E-state index contributed by atoms with van der Waals surface area (Å²) in [7, 11) is 2.10. The zero-order valence-corrected chi connectivity index (χ0v) is 14.6. The van der Waals surface area contributed by atoms with Gasteiger partial charge in [-0.25, -0.2) is 4.79 Å². The molecule has 128 valence electrons. The van der Waals surface area contributed by atoms with Crippen molar-refractivity contribution >= 4 is 17.4 Å². The molecule has 1 aromatic rings. The molecule has 5 heteroatoms. The Kier molecular flexibility index (Phi) is 5.52. The van der Waals surface area contributed by atoms with Gasteiger partial charge in [0.25, 0.3) is 0 Å². The summed E-state index contributed by atoms with van der Waals surface area (Å²) in [5, 5.41) is 15.3. The maximum absolute atomic E-state index is 12.1. The number of hydrogen-bond donors (Lipinski definition) is 3. The van der Waals surface area contributed by atoms with E-state index >= 15 is 0 Å². The van der Waals surface area contributed by atoms with Crippen LogP contribution >= 0.6 is 0 Å². The molecule has 2 rings (SSSR count). The van der Waals surface area contributed by atoms with Crippen molar-refractivity contribution < 1.29 is 9.90 Å². The molecule has 0 unspecified atom stereocenters. The van der Waals surface area contributed by atoms with Gasteiger partial charge in [-0.15, -0.1) is 0 Å². The van der Waals surface area contributed by atoms with E-state index in [9.17, 15) is 9.90 Å². The number of anilines is 2. The minimum Gasteiger partial charge on any atom is -0.393 e. The highest BCUT2D eigenvalue weighted by Gasteiger charge is 2.21. The van der Waals surface area contributed by atoms with Gasteiger partial charge in [0.2, 0.25) is 0 Å². The zero-order chi connectivity index (χ0) is 17.0. The van der Waals surface area contributed by atoms with Gasteiger partial charge in [0, 0.05) is 31.5 Å². The molecule has 0 bridgehead atoms. The largest absolute Gasteiger partial charge is 0.393 e. The monoisotopic (exact) mass is 319 g/mol. The molecule has 0 saturated heterocycles. The molecule has 23 heavy (non-hydrogen) atoms. The van der Waals surface area contributed by atoms with Gasteiger partial charge in [-0.2, -0.15) is 0 Å². The Bertz CT molecular complexity index is 555. The number of nitrogens with one attached hydrogen (secondary N) is 2. The Morgan fingerprint density at radius 1 is 1.43 bits per heavy atom. The van der Waals surface area contributed by atoms with Crippen molar-refractivity contribution in [1.82, 2.24) is 5.32 Å².